The van der Waals surface area contributed by atoms with Crippen LogP contribution >= 0.6 is 23.4 Å². The average Bonchev–Trinajstić information content (AvgIpc) is 3.43. The van der Waals surface area contributed by atoms with E-state index in [4.69, 9.17) is 16.3 Å². The van der Waals surface area contributed by atoms with Crippen LogP contribution in [0, 0.1) is 17.7 Å². The lowest BCUT2D eigenvalue weighted by atomic mass is 10.0. The maximum Gasteiger partial charge on any atom is 0.159 e. The van der Waals surface area contributed by atoms with Gasteiger partial charge < -0.3 is 10.1 Å². The highest BCUT2D eigenvalue weighted by Crippen LogP contribution is 2.36. The molecule has 2 aliphatic heterocycles. The van der Waals surface area contributed by atoms with Gasteiger partial charge in [-0.3, -0.25) is 9.69 Å². The predicted octanol–water partition coefficient (Wildman–Crippen LogP) is 5.14. The zero-order valence-corrected chi connectivity index (χ0v) is 20.9. The fourth-order valence-electron chi connectivity index (χ4n) is 4.78. The number of carbonyl (C=O) groups is 1. The summed E-state index contributed by atoms with van der Waals surface area (Å²) in [4.78, 5) is 23.9. The molecule has 0 saturated carbocycles. The number of hydrogen-bond acceptors (Lipinski definition) is 7. The van der Waals surface area contributed by atoms with E-state index in [1.54, 1.807) is 25.3 Å². The molecule has 1 N–H and O–H groups in total. The van der Waals surface area contributed by atoms with E-state index in [9.17, 15) is 9.18 Å². The van der Waals surface area contributed by atoms with Gasteiger partial charge in [-0.2, -0.15) is 11.8 Å². The van der Waals surface area contributed by atoms with Crippen LogP contribution in [0.15, 0.2) is 48.8 Å². The first-order chi connectivity index (χ1) is 17.0. The van der Waals surface area contributed by atoms with Crippen LogP contribution < -0.4 is 10.1 Å². The molecule has 0 spiro atoms. The number of allylic oxidation sites excluding steroid dienone is 1. The van der Waals surface area contributed by atoms with E-state index < -0.39 is 5.82 Å². The fraction of sp³-hybridized carbons (Fsp3) is 0.346. The predicted molar refractivity (Wildman–Crippen MR) is 139 cm³/mol. The maximum atomic E-state index is 13.5. The lowest BCUT2D eigenvalue weighted by Crippen LogP contribution is -2.22. The van der Waals surface area contributed by atoms with Gasteiger partial charge in [-0.05, 0) is 53.7 Å². The Morgan fingerprint density at radius 3 is 2.80 bits per heavy atom. The summed E-state index contributed by atoms with van der Waals surface area (Å²) in [5.41, 5.74) is 2.01. The van der Waals surface area contributed by atoms with Gasteiger partial charge in [0.25, 0.3) is 0 Å². The smallest absolute Gasteiger partial charge is 0.159 e. The summed E-state index contributed by atoms with van der Waals surface area (Å²) in [7, 11) is 1.58. The second kappa shape index (κ2) is 10.5. The molecule has 0 amide bonds. The summed E-state index contributed by atoms with van der Waals surface area (Å²) in [5, 5.41) is 3.91. The third-order valence-electron chi connectivity index (χ3n) is 6.57. The van der Waals surface area contributed by atoms with Gasteiger partial charge in [0.1, 0.15) is 23.7 Å². The lowest BCUT2D eigenvalue weighted by molar-refractivity contribution is -0.114. The molecule has 0 aliphatic carbocycles. The molecule has 2 saturated heterocycles. The number of carbonyl (C=O) groups excluding carboxylic acids is 1. The van der Waals surface area contributed by atoms with Gasteiger partial charge in [-0.25, -0.2) is 14.4 Å². The summed E-state index contributed by atoms with van der Waals surface area (Å²) in [6.45, 7) is 3.06. The summed E-state index contributed by atoms with van der Waals surface area (Å²) in [5.74, 6) is 4.79. The first kappa shape index (κ1) is 24.0. The summed E-state index contributed by atoms with van der Waals surface area (Å²) in [6.07, 6.45) is 5.29. The number of anilines is 2. The van der Waals surface area contributed by atoms with Crippen molar-refractivity contribution in [3.63, 3.8) is 0 Å². The van der Waals surface area contributed by atoms with Crippen LogP contribution in [0.5, 0.6) is 5.75 Å². The van der Waals surface area contributed by atoms with Gasteiger partial charge in [0.05, 0.1) is 17.6 Å². The third-order valence-corrected chi connectivity index (χ3v) is 8.19. The fourth-order valence-corrected chi connectivity index (χ4v) is 6.46. The van der Waals surface area contributed by atoms with E-state index in [1.807, 2.05) is 12.1 Å². The van der Waals surface area contributed by atoms with Crippen LogP contribution in [0.4, 0.5) is 15.9 Å². The first-order valence-electron chi connectivity index (χ1n) is 11.5. The van der Waals surface area contributed by atoms with E-state index in [0.29, 0.717) is 22.8 Å². The third kappa shape index (κ3) is 5.44. The molecule has 2 aliphatic rings. The van der Waals surface area contributed by atoms with Crippen LogP contribution in [0.1, 0.15) is 5.56 Å². The molecule has 3 aromatic rings. The normalized spacial score (nSPS) is 20.0. The second-order valence-electron chi connectivity index (χ2n) is 8.98. The number of hydrogen-bond donors (Lipinski definition) is 1. The molecular formula is C26H26ClFN4O2S. The van der Waals surface area contributed by atoms with E-state index >= 15 is 0 Å². The van der Waals surface area contributed by atoms with Crippen molar-refractivity contribution in [1.82, 2.24) is 14.9 Å². The largest absolute Gasteiger partial charge is 0.496 e. The average molecular weight is 513 g/mol. The number of benzene rings is 2. The molecular weight excluding hydrogens is 487 g/mol. The molecule has 2 fully saturated rings. The van der Waals surface area contributed by atoms with Gasteiger partial charge in [-0.1, -0.05) is 17.7 Å². The SMILES string of the molecule is COc1cc2ncnc(Nc3ccc(F)c(Cl)c3)c2cc1CC(=O)/C=C/CN1CC2CSCC2C1. The number of ketones is 1. The Bertz CT molecular complexity index is 1280. The molecule has 182 valence electrons. The number of aromatic nitrogens is 2. The number of nitrogens with zero attached hydrogens (tertiary/aromatic N) is 3. The monoisotopic (exact) mass is 512 g/mol. The Morgan fingerprint density at radius 2 is 2.06 bits per heavy atom. The van der Waals surface area contributed by atoms with Crippen LogP contribution in [-0.4, -0.2) is 58.9 Å². The molecule has 35 heavy (non-hydrogen) atoms. The Labute approximate surface area is 212 Å². The molecule has 0 bridgehead atoms. The topological polar surface area (TPSA) is 67.4 Å². The maximum absolute atomic E-state index is 13.5. The van der Waals surface area contributed by atoms with Crippen LogP contribution in [-0.2, 0) is 11.2 Å². The Morgan fingerprint density at radius 1 is 1.26 bits per heavy atom. The minimum Gasteiger partial charge on any atom is -0.496 e. The Hall–Kier alpha value is -2.68. The van der Waals surface area contributed by atoms with E-state index in [-0.39, 0.29) is 17.2 Å². The molecule has 2 unspecified atom stereocenters. The highest BCUT2D eigenvalue weighted by atomic mass is 35.5. The molecule has 2 aromatic carbocycles. The van der Waals surface area contributed by atoms with Crippen molar-refractivity contribution in [2.75, 3.05) is 43.6 Å². The number of rotatable bonds is 8. The Kier molecular flexibility index (Phi) is 7.22. The van der Waals surface area contributed by atoms with Crippen molar-refractivity contribution in [2.24, 2.45) is 11.8 Å². The quantitative estimate of drug-likeness (QED) is 0.419. The number of likely N-dealkylation sites (tertiary alicyclic amines) is 1. The highest BCUT2D eigenvalue weighted by Gasteiger charge is 2.35. The molecule has 1 aromatic heterocycles. The number of ether oxygens (including phenoxy) is 1. The second-order valence-corrected chi connectivity index (χ2v) is 10.5. The molecule has 6 nitrogen and oxygen atoms in total. The zero-order valence-electron chi connectivity index (χ0n) is 19.3. The van der Waals surface area contributed by atoms with Crippen molar-refractivity contribution in [1.29, 1.82) is 0 Å². The highest BCUT2D eigenvalue weighted by molar-refractivity contribution is 7.99. The number of nitrogens with one attached hydrogen (secondary N) is 1. The molecule has 0 radical (unpaired) electrons. The zero-order chi connectivity index (χ0) is 24.4. The summed E-state index contributed by atoms with van der Waals surface area (Å²) >= 11 is 7.98. The van der Waals surface area contributed by atoms with Gasteiger partial charge in [-0.15, -0.1) is 0 Å². The molecule has 3 heterocycles. The van der Waals surface area contributed by atoms with Crippen molar-refractivity contribution < 1.29 is 13.9 Å². The van der Waals surface area contributed by atoms with Gasteiger partial charge in [0, 0.05) is 48.8 Å². The molecule has 5 rings (SSSR count). The minimum atomic E-state index is -0.491. The number of fused-ring (bicyclic) bond motifs is 2. The van der Waals surface area contributed by atoms with Crippen molar-refractivity contribution in [2.45, 2.75) is 6.42 Å². The van der Waals surface area contributed by atoms with Crippen LogP contribution in [0.25, 0.3) is 10.9 Å². The van der Waals surface area contributed by atoms with Crippen LogP contribution in [0.2, 0.25) is 5.02 Å². The lowest BCUT2D eigenvalue weighted by Gasteiger charge is -2.14. The molecule has 2 atom stereocenters. The van der Waals surface area contributed by atoms with Crippen molar-refractivity contribution in [3.8, 4) is 5.75 Å². The first-order valence-corrected chi connectivity index (χ1v) is 13.1. The van der Waals surface area contributed by atoms with E-state index in [0.717, 1.165) is 42.4 Å². The number of thioether (sulfide) groups is 1. The Balaban J connectivity index is 1.31. The van der Waals surface area contributed by atoms with E-state index in [1.165, 1.54) is 30.0 Å². The number of methoxy groups -OCH3 is 1. The van der Waals surface area contributed by atoms with Crippen molar-refractivity contribution >= 4 is 51.6 Å². The van der Waals surface area contributed by atoms with Crippen molar-refractivity contribution in [3.05, 3.63) is 65.2 Å². The van der Waals surface area contributed by atoms with E-state index in [2.05, 4.69) is 31.9 Å². The van der Waals surface area contributed by atoms with Gasteiger partial charge in [0.2, 0.25) is 0 Å². The summed E-state index contributed by atoms with van der Waals surface area (Å²) in [6, 6.07) is 8.04. The summed E-state index contributed by atoms with van der Waals surface area (Å²) < 4.78 is 19.1. The van der Waals surface area contributed by atoms with Gasteiger partial charge >= 0.3 is 0 Å². The van der Waals surface area contributed by atoms with Gasteiger partial charge in [0.15, 0.2) is 5.78 Å². The molecule has 9 heteroatoms. The minimum absolute atomic E-state index is 0.00858. The number of halogens is 2. The standard InChI is InChI=1S/C26H26ClFN4O2S/c1-34-25-10-24-21(26(30-15-29-24)31-19-4-5-23(28)22(27)9-19)8-16(25)7-20(33)3-2-6-32-11-17-13-35-14-18(17)12-32/h2-5,8-10,15,17-18H,6-7,11-14H2,1H3,(H,29,30,31)/b3-2+. The van der Waals surface area contributed by atoms with Crippen LogP contribution in [0.3, 0.4) is 0 Å².